The molecular weight excluding hydrogens is 292 g/mol. The third kappa shape index (κ3) is 4.06. The molecule has 0 spiro atoms. The predicted molar refractivity (Wildman–Crippen MR) is 87.1 cm³/mol. The van der Waals surface area contributed by atoms with Crippen molar-refractivity contribution in [3.8, 4) is 0 Å². The molecule has 1 aliphatic rings. The first kappa shape index (κ1) is 15.5. The largest absolute Gasteiger partial charge is 0.368 e. The molecule has 2 aromatic rings. The van der Waals surface area contributed by atoms with Gasteiger partial charge < -0.3 is 10.2 Å². The van der Waals surface area contributed by atoms with E-state index >= 15 is 0 Å². The molecule has 0 bridgehead atoms. The zero-order valence-electron chi connectivity index (χ0n) is 13.4. The molecule has 3 rings (SSSR count). The summed E-state index contributed by atoms with van der Waals surface area (Å²) in [6, 6.07) is 3.69. The smallest absolute Gasteiger partial charge is 0.255 e. The lowest BCUT2D eigenvalue weighted by Gasteiger charge is -2.30. The van der Waals surface area contributed by atoms with E-state index in [0.29, 0.717) is 24.6 Å². The number of carbonyl (C=O) groups excluding carboxylic acids is 1. The summed E-state index contributed by atoms with van der Waals surface area (Å²) in [5.41, 5.74) is 0.654. The summed E-state index contributed by atoms with van der Waals surface area (Å²) in [4.78, 5) is 18.7. The second-order valence-electron chi connectivity index (χ2n) is 6.00. The molecule has 7 nitrogen and oxygen atoms in total. The van der Waals surface area contributed by atoms with Crippen molar-refractivity contribution in [2.75, 3.05) is 25.0 Å². The van der Waals surface area contributed by atoms with Crippen molar-refractivity contribution >= 4 is 11.7 Å². The van der Waals surface area contributed by atoms with E-state index in [2.05, 4.69) is 27.5 Å². The Morgan fingerprint density at radius 1 is 1.35 bits per heavy atom. The highest BCUT2D eigenvalue weighted by molar-refractivity contribution is 5.94. The van der Waals surface area contributed by atoms with E-state index in [1.165, 1.54) is 0 Å². The number of hydrogen-bond acceptors (Lipinski definition) is 5. The molecule has 1 saturated heterocycles. The standard InChI is InChI=1S/C16H22N6O/c1-13-4-8-21(9-5-13)16(23)14-2-3-15(18-12-14)17-6-10-22-11-7-19-20-22/h2-3,7,11-13H,4-6,8-10H2,1H3,(H,17,18). The predicted octanol–water partition coefficient (Wildman–Crippen LogP) is 1.66. The number of amides is 1. The van der Waals surface area contributed by atoms with Gasteiger partial charge in [-0.3, -0.25) is 9.48 Å². The Bertz CT molecular complexity index is 617. The van der Waals surface area contributed by atoms with E-state index < -0.39 is 0 Å². The van der Waals surface area contributed by atoms with Gasteiger partial charge in [-0.1, -0.05) is 12.1 Å². The molecular formula is C16H22N6O. The van der Waals surface area contributed by atoms with Gasteiger partial charge in [0.25, 0.3) is 5.91 Å². The SMILES string of the molecule is CC1CCN(C(=O)c2ccc(NCCn3ccnn3)nc2)CC1. The molecule has 7 heteroatoms. The number of piperidine rings is 1. The van der Waals surface area contributed by atoms with Crippen molar-refractivity contribution in [2.45, 2.75) is 26.3 Å². The van der Waals surface area contributed by atoms with Crippen LogP contribution in [-0.2, 0) is 6.54 Å². The lowest BCUT2D eigenvalue weighted by Crippen LogP contribution is -2.37. The van der Waals surface area contributed by atoms with Crippen LogP contribution < -0.4 is 5.32 Å². The van der Waals surface area contributed by atoms with Crippen LogP contribution in [0, 0.1) is 5.92 Å². The first-order chi connectivity index (χ1) is 11.2. The number of likely N-dealkylation sites (tertiary alicyclic amines) is 1. The Morgan fingerprint density at radius 3 is 2.83 bits per heavy atom. The van der Waals surface area contributed by atoms with Crippen LogP contribution in [0.4, 0.5) is 5.82 Å². The van der Waals surface area contributed by atoms with Crippen LogP contribution in [0.2, 0.25) is 0 Å². The van der Waals surface area contributed by atoms with Gasteiger partial charge in [-0.15, -0.1) is 5.10 Å². The van der Waals surface area contributed by atoms with Crippen LogP contribution in [0.5, 0.6) is 0 Å². The van der Waals surface area contributed by atoms with Gasteiger partial charge in [0.2, 0.25) is 0 Å². The fourth-order valence-electron chi connectivity index (χ4n) is 2.67. The molecule has 1 N–H and O–H groups in total. The first-order valence-electron chi connectivity index (χ1n) is 8.05. The Kier molecular flexibility index (Phi) is 4.85. The van der Waals surface area contributed by atoms with Gasteiger partial charge in [0, 0.05) is 32.0 Å². The van der Waals surface area contributed by atoms with Gasteiger partial charge in [0.1, 0.15) is 5.82 Å². The summed E-state index contributed by atoms with van der Waals surface area (Å²) in [5, 5.41) is 10.9. The Morgan fingerprint density at radius 2 is 2.17 bits per heavy atom. The monoisotopic (exact) mass is 314 g/mol. The van der Waals surface area contributed by atoms with Crippen LogP contribution in [-0.4, -0.2) is 50.4 Å². The van der Waals surface area contributed by atoms with Crippen molar-refractivity contribution in [1.82, 2.24) is 24.9 Å². The molecule has 122 valence electrons. The minimum absolute atomic E-state index is 0.0820. The number of carbonyl (C=O) groups is 1. The van der Waals surface area contributed by atoms with Crippen molar-refractivity contribution in [1.29, 1.82) is 0 Å². The first-order valence-corrected chi connectivity index (χ1v) is 8.05. The normalized spacial score (nSPS) is 15.6. The lowest BCUT2D eigenvalue weighted by molar-refractivity contribution is 0.0697. The van der Waals surface area contributed by atoms with Crippen LogP contribution in [0.1, 0.15) is 30.1 Å². The van der Waals surface area contributed by atoms with E-state index in [4.69, 9.17) is 0 Å². The van der Waals surface area contributed by atoms with Gasteiger partial charge in [-0.05, 0) is 30.9 Å². The van der Waals surface area contributed by atoms with Gasteiger partial charge in [0.05, 0.1) is 18.3 Å². The number of nitrogens with one attached hydrogen (secondary N) is 1. The zero-order valence-corrected chi connectivity index (χ0v) is 13.4. The van der Waals surface area contributed by atoms with Crippen molar-refractivity contribution in [2.24, 2.45) is 5.92 Å². The molecule has 1 fully saturated rings. The summed E-state index contributed by atoms with van der Waals surface area (Å²) < 4.78 is 1.75. The highest BCUT2D eigenvalue weighted by Gasteiger charge is 2.21. The molecule has 2 aromatic heterocycles. The molecule has 0 atom stereocenters. The zero-order chi connectivity index (χ0) is 16.1. The van der Waals surface area contributed by atoms with Crippen LogP contribution in [0.15, 0.2) is 30.7 Å². The summed E-state index contributed by atoms with van der Waals surface area (Å²) in [5.74, 6) is 1.56. The number of pyridine rings is 1. The molecule has 0 radical (unpaired) electrons. The van der Waals surface area contributed by atoms with Gasteiger partial charge in [-0.25, -0.2) is 4.98 Å². The molecule has 3 heterocycles. The van der Waals surface area contributed by atoms with E-state index in [9.17, 15) is 4.79 Å². The van der Waals surface area contributed by atoms with E-state index in [1.54, 1.807) is 17.1 Å². The third-order valence-electron chi connectivity index (χ3n) is 4.20. The van der Waals surface area contributed by atoms with Gasteiger partial charge in [0.15, 0.2) is 0 Å². The summed E-state index contributed by atoms with van der Waals surface area (Å²) in [7, 11) is 0. The summed E-state index contributed by atoms with van der Waals surface area (Å²) >= 11 is 0. The summed E-state index contributed by atoms with van der Waals surface area (Å²) in [6.45, 7) is 5.35. The van der Waals surface area contributed by atoms with Crippen LogP contribution in [0.3, 0.4) is 0 Å². The minimum atomic E-state index is 0.0820. The number of hydrogen-bond donors (Lipinski definition) is 1. The molecule has 0 unspecified atom stereocenters. The topological polar surface area (TPSA) is 75.9 Å². The van der Waals surface area contributed by atoms with Gasteiger partial charge in [-0.2, -0.15) is 0 Å². The number of anilines is 1. The second kappa shape index (κ2) is 7.21. The Hall–Kier alpha value is -2.44. The van der Waals surface area contributed by atoms with Crippen molar-refractivity contribution in [3.05, 3.63) is 36.3 Å². The van der Waals surface area contributed by atoms with Gasteiger partial charge >= 0.3 is 0 Å². The maximum Gasteiger partial charge on any atom is 0.255 e. The highest BCUT2D eigenvalue weighted by Crippen LogP contribution is 2.18. The van der Waals surface area contributed by atoms with E-state index in [-0.39, 0.29) is 5.91 Å². The number of rotatable bonds is 5. The number of nitrogens with zero attached hydrogens (tertiary/aromatic N) is 5. The van der Waals surface area contributed by atoms with E-state index in [0.717, 1.165) is 31.7 Å². The highest BCUT2D eigenvalue weighted by atomic mass is 16.2. The number of aromatic nitrogens is 4. The van der Waals surface area contributed by atoms with E-state index in [1.807, 2.05) is 23.2 Å². The molecule has 23 heavy (non-hydrogen) atoms. The quantitative estimate of drug-likeness (QED) is 0.908. The molecule has 0 aromatic carbocycles. The maximum absolute atomic E-state index is 12.4. The van der Waals surface area contributed by atoms with Crippen molar-refractivity contribution in [3.63, 3.8) is 0 Å². The molecule has 0 saturated carbocycles. The molecule has 1 amide bonds. The van der Waals surface area contributed by atoms with Crippen LogP contribution >= 0.6 is 0 Å². The average Bonchev–Trinajstić information content (AvgIpc) is 3.09. The lowest BCUT2D eigenvalue weighted by atomic mass is 9.99. The maximum atomic E-state index is 12.4. The fraction of sp³-hybridized carbons (Fsp3) is 0.500. The summed E-state index contributed by atoms with van der Waals surface area (Å²) in [6.07, 6.45) is 7.29. The van der Waals surface area contributed by atoms with Crippen molar-refractivity contribution < 1.29 is 4.79 Å². The minimum Gasteiger partial charge on any atom is -0.368 e. The van der Waals surface area contributed by atoms with Crippen LogP contribution in [0.25, 0.3) is 0 Å². The molecule has 1 aliphatic heterocycles. The third-order valence-corrected chi connectivity index (χ3v) is 4.20. The Balaban J connectivity index is 1.51. The average molecular weight is 314 g/mol. The Labute approximate surface area is 135 Å². The fourth-order valence-corrected chi connectivity index (χ4v) is 2.67. The second-order valence-corrected chi connectivity index (χ2v) is 6.00. The molecule has 0 aliphatic carbocycles.